The number of hydrogen-bond acceptors (Lipinski definition) is 7. The molecule has 0 fully saturated rings. The molecular weight excluding hydrogens is 571 g/mol. The molecule has 0 aliphatic heterocycles. The summed E-state index contributed by atoms with van der Waals surface area (Å²) in [6, 6.07) is 17.7. The highest BCUT2D eigenvalue weighted by molar-refractivity contribution is 7.99. The number of esters is 1. The zero-order valence-electron chi connectivity index (χ0n) is 22.6. The Morgan fingerprint density at radius 1 is 0.952 bits per heavy atom. The summed E-state index contributed by atoms with van der Waals surface area (Å²) in [5.41, 5.74) is 1.33. The molecular formula is C29H26F3N5O4S. The lowest BCUT2D eigenvalue weighted by Gasteiger charge is -2.13. The third kappa shape index (κ3) is 7.75. The Hall–Kier alpha value is -4.65. The van der Waals surface area contributed by atoms with Crippen molar-refractivity contribution in [2.45, 2.75) is 31.7 Å². The van der Waals surface area contributed by atoms with E-state index >= 15 is 0 Å². The fourth-order valence-corrected chi connectivity index (χ4v) is 4.64. The topological polar surface area (TPSA) is 115 Å². The van der Waals surface area contributed by atoms with Crippen LogP contribution in [0.3, 0.4) is 0 Å². The normalized spacial score (nSPS) is 11.2. The zero-order chi connectivity index (χ0) is 30.3. The van der Waals surface area contributed by atoms with Crippen LogP contribution < -0.4 is 10.6 Å². The van der Waals surface area contributed by atoms with Gasteiger partial charge in [-0.1, -0.05) is 35.5 Å². The quantitative estimate of drug-likeness (QED) is 0.185. The van der Waals surface area contributed by atoms with Crippen LogP contribution in [-0.2, 0) is 22.3 Å². The molecule has 2 amide bonds. The number of rotatable bonds is 10. The Balaban J connectivity index is 1.52. The van der Waals surface area contributed by atoms with Gasteiger partial charge in [-0.3, -0.25) is 14.2 Å². The van der Waals surface area contributed by atoms with Gasteiger partial charge in [0.1, 0.15) is 0 Å². The number of nitrogens with one attached hydrogen (secondary N) is 2. The molecule has 0 spiro atoms. The molecule has 2 N–H and O–H groups in total. The number of ether oxygens (including phenoxy) is 1. The average molecular weight is 598 g/mol. The average Bonchev–Trinajstić information content (AvgIpc) is 3.37. The first-order valence-corrected chi connectivity index (χ1v) is 13.7. The molecule has 0 aliphatic carbocycles. The summed E-state index contributed by atoms with van der Waals surface area (Å²) in [4.78, 5) is 37.2. The number of thioether (sulfide) groups is 1. The number of anilines is 1. The van der Waals surface area contributed by atoms with Gasteiger partial charge in [-0.15, -0.1) is 10.2 Å². The highest BCUT2D eigenvalue weighted by atomic mass is 32.2. The molecule has 4 rings (SSSR count). The van der Waals surface area contributed by atoms with Gasteiger partial charge in [0, 0.05) is 11.3 Å². The number of hydrogen-bond donors (Lipinski definition) is 2. The van der Waals surface area contributed by atoms with Gasteiger partial charge >= 0.3 is 12.1 Å². The van der Waals surface area contributed by atoms with E-state index in [0.29, 0.717) is 16.8 Å². The minimum atomic E-state index is -4.58. The number of carbonyl (C=O) groups excluding carboxylic acids is 3. The van der Waals surface area contributed by atoms with E-state index in [4.69, 9.17) is 4.74 Å². The SMILES string of the molecule is CCOC(=O)c1ccc(NC(=O)CSc2nnc(CNC(=O)c3cccc(C)c3)n2-c2cccc(C(F)(F)F)c2)cc1. The largest absolute Gasteiger partial charge is 0.462 e. The Morgan fingerprint density at radius 3 is 2.38 bits per heavy atom. The van der Waals surface area contributed by atoms with E-state index in [0.717, 1.165) is 29.5 Å². The summed E-state index contributed by atoms with van der Waals surface area (Å²) in [5.74, 6) is -1.26. The maximum atomic E-state index is 13.5. The molecule has 0 unspecified atom stereocenters. The monoisotopic (exact) mass is 597 g/mol. The van der Waals surface area contributed by atoms with Crippen LogP contribution in [0.15, 0.2) is 78.0 Å². The molecule has 218 valence electrons. The van der Waals surface area contributed by atoms with E-state index in [1.54, 1.807) is 37.3 Å². The summed E-state index contributed by atoms with van der Waals surface area (Å²) in [6.07, 6.45) is -4.58. The minimum absolute atomic E-state index is 0.118. The van der Waals surface area contributed by atoms with E-state index < -0.39 is 23.6 Å². The number of carbonyl (C=O) groups is 3. The van der Waals surface area contributed by atoms with Crippen molar-refractivity contribution in [1.29, 1.82) is 0 Å². The Kier molecular flexibility index (Phi) is 9.63. The number of amides is 2. The van der Waals surface area contributed by atoms with E-state index in [-0.39, 0.29) is 41.5 Å². The highest BCUT2D eigenvalue weighted by Crippen LogP contribution is 2.31. The van der Waals surface area contributed by atoms with Crippen LogP contribution in [0, 0.1) is 6.92 Å². The molecule has 0 bridgehead atoms. The second kappa shape index (κ2) is 13.3. The summed E-state index contributed by atoms with van der Waals surface area (Å²) >= 11 is 0.960. The number of halogens is 3. The first-order chi connectivity index (χ1) is 20.0. The lowest BCUT2D eigenvalue weighted by atomic mass is 10.1. The van der Waals surface area contributed by atoms with E-state index in [1.807, 2.05) is 13.0 Å². The lowest BCUT2D eigenvalue weighted by Crippen LogP contribution is -2.24. The van der Waals surface area contributed by atoms with Gasteiger partial charge in [0.15, 0.2) is 11.0 Å². The van der Waals surface area contributed by atoms with Crippen LogP contribution in [0.25, 0.3) is 5.69 Å². The molecule has 0 saturated heterocycles. The molecule has 0 atom stereocenters. The standard InChI is InChI=1S/C29H26F3N5O4S/c1-3-41-27(40)19-10-12-22(13-11-19)34-25(38)17-42-28-36-35-24(16-33-26(39)20-7-4-6-18(2)14-20)37(28)23-9-5-8-21(15-23)29(30,31)32/h4-15H,3,16-17H2,1-2H3,(H,33,39)(H,34,38). The van der Waals surface area contributed by atoms with Crippen molar-refractivity contribution in [2.75, 3.05) is 17.7 Å². The molecule has 0 aliphatic rings. The predicted molar refractivity (Wildman–Crippen MR) is 150 cm³/mol. The molecule has 0 radical (unpaired) electrons. The maximum absolute atomic E-state index is 13.5. The number of nitrogens with zero attached hydrogens (tertiary/aromatic N) is 3. The van der Waals surface area contributed by atoms with Crippen molar-refractivity contribution in [2.24, 2.45) is 0 Å². The van der Waals surface area contributed by atoms with Crippen molar-refractivity contribution in [1.82, 2.24) is 20.1 Å². The molecule has 1 aromatic heterocycles. The molecule has 4 aromatic rings. The van der Waals surface area contributed by atoms with Gasteiger partial charge in [0.2, 0.25) is 5.91 Å². The zero-order valence-corrected chi connectivity index (χ0v) is 23.4. The van der Waals surface area contributed by atoms with Crippen LogP contribution in [0.1, 0.15) is 44.6 Å². The summed E-state index contributed by atoms with van der Waals surface area (Å²) in [6.45, 7) is 3.65. The molecule has 0 saturated carbocycles. The number of aromatic nitrogens is 3. The van der Waals surface area contributed by atoms with Crippen molar-refractivity contribution < 1.29 is 32.3 Å². The summed E-state index contributed by atoms with van der Waals surface area (Å²) < 4.78 is 46.7. The van der Waals surface area contributed by atoms with Crippen molar-refractivity contribution in [3.05, 3.63) is 101 Å². The van der Waals surface area contributed by atoms with Gasteiger partial charge in [0.25, 0.3) is 5.91 Å². The van der Waals surface area contributed by atoms with Gasteiger partial charge in [-0.05, 0) is 68.4 Å². The first-order valence-electron chi connectivity index (χ1n) is 12.7. The van der Waals surface area contributed by atoms with Gasteiger partial charge in [0.05, 0.1) is 35.7 Å². The van der Waals surface area contributed by atoms with Crippen LogP contribution in [0.4, 0.5) is 18.9 Å². The number of benzene rings is 3. The minimum Gasteiger partial charge on any atom is -0.462 e. The third-order valence-corrected chi connectivity index (χ3v) is 6.76. The van der Waals surface area contributed by atoms with Gasteiger partial charge in [-0.2, -0.15) is 13.2 Å². The Labute approximate surface area is 243 Å². The van der Waals surface area contributed by atoms with Crippen molar-refractivity contribution >= 4 is 35.2 Å². The van der Waals surface area contributed by atoms with Crippen LogP contribution in [-0.4, -0.2) is 44.9 Å². The fraction of sp³-hybridized carbons (Fsp3) is 0.207. The molecule has 1 heterocycles. The van der Waals surface area contributed by atoms with Crippen LogP contribution in [0.2, 0.25) is 0 Å². The van der Waals surface area contributed by atoms with E-state index in [2.05, 4.69) is 20.8 Å². The number of aryl methyl sites for hydroxylation is 1. The van der Waals surface area contributed by atoms with E-state index in [9.17, 15) is 27.6 Å². The molecule has 42 heavy (non-hydrogen) atoms. The predicted octanol–water partition coefficient (Wildman–Crippen LogP) is 5.43. The third-order valence-electron chi connectivity index (χ3n) is 5.83. The Morgan fingerprint density at radius 2 is 1.69 bits per heavy atom. The molecule has 13 heteroatoms. The smallest absolute Gasteiger partial charge is 0.416 e. The summed E-state index contributed by atoms with van der Waals surface area (Å²) in [5, 5.41) is 13.8. The second-order valence-electron chi connectivity index (χ2n) is 8.97. The van der Waals surface area contributed by atoms with Gasteiger partial charge < -0.3 is 15.4 Å². The van der Waals surface area contributed by atoms with Gasteiger partial charge in [-0.25, -0.2) is 4.79 Å². The fourth-order valence-electron chi connectivity index (χ4n) is 3.87. The first kappa shape index (κ1) is 30.3. The van der Waals surface area contributed by atoms with E-state index in [1.165, 1.54) is 28.8 Å². The molecule has 9 nitrogen and oxygen atoms in total. The van der Waals surface area contributed by atoms with Crippen molar-refractivity contribution in [3.63, 3.8) is 0 Å². The summed E-state index contributed by atoms with van der Waals surface area (Å²) in [7, 11) is 0. The number of alkyl halides is 3. The van der Waals surface area contributed by atoms with Crippen LogP contribution in [0.5, 0.6) is 0 Å². The Bertz CT molecular complexity index is 1590. The van der Waals surface area contributed by atoms with Crippen LogP contribution >= 0.6 is 11.8 Å². The maximum Gasteiger partial charge on any atom is 0.416 e. The second-order valence-corrected chi connectivity index (χ2v) is 9.91. The highest BCUT2D eigenvalue weighted by Gasteiger charge is 2.31. The van der Waals surface area contributed by atoms with Crippen molar-refractivity contribution in [3.8, 4) is 5.69 Å². The molecule has 3 aromatic carbocycles. The lowest BCUT2D eigenvalue weighted by molar-refractivity contribution is -0.137.